The Balaban J connectivity index is 2.59. The lowest BCUT2D eigenvalue weighted by atomic mass is 10.0. The Kier molecular flexibility index (Phi) is 4.30. The third-order valence-corrected chi connectivity index (χ3v) is 2.31. The van der Waals surface area contributed by atoms with Crippen LogP contribution in [-0.2, 0) is 17.8 Å². The summed E-state index contributed by atoms with van der Waals surface area (Å²) in [5.74, 6) is -0.634. The number of hydrogen-bond acceptors (Lipinski definition) is 3. The second-order valence-corrected chi connectivity index (χ2v) is 3.65. The van der Waals surface area contributed by atoms with Crippen molar-refractivity contribution in [3.8, 4) is 0 Å². The summed E-state index contributed by atoms with van der Waals surface area (Å²) in [6.07, 6.45) is 5.32. The summed E-state index contributed by atoms with van der Waals surface area (Å²) in [6, 6.07) is 0. The quantitative estimate of drug-likeness (QED) is 0.687. The van der Waals surface area contributed by atoms with Crippen molar-refractivity contribution >= 4 is 5.91 Å². The second kappa shape index (κ2) is 5.50. The van der Waals surface area contributed by atoms with Gasteiger partial charge in [0, 0.05) is 19.3 Å². The average Bonchev–Trinajstić information content (AvgIpc) is 2.62. The summed E-state index contributed by atoms with van der Waals surface area (Å²) < 4.78 is 1.86. The van der Waals surface area contributed by atoms with Crippen LogP contribution in [0.2, 0.25) is 0 Å². The van der Waals surface area contributed by atoms with Crippen molar-refractivity contribution in [3.05, 3.63) is 18.0 Å². The zero-order valence-corrected chi connectivity index (χ0v) is 9.02. The van der Waals surface area contributed by atoms with Crippen molar-refractivity contribution in [2.45, 2.75) is 26.3 Å². The number of aromatic nitrogens is 2. The minimum Gasteiger partial charge on any atom is -0.369 e. The van der Waals surface area contributed by atoms with Gasteiger partial charge in [-0.25, -0.2) is 0 Å². The number of carbonyl (C=O) groups excluding carboxylic acids is 1. The molecule has 0 saturated carbocycles. The summed E-state index contributed by atoms with van der Waals surface area (Å²) in [6.45, 7) is 3.27. The fourth-order valence-electron chi connectivity index (χ4n) is 1.45. The number of nitrogens with two attached hydrogens (primary N) is 2. The molecule has 1 rings (SSSR count). The Bertz CT molecular complexity index is 321. The van der Waals surface area contributed by atoms with E-state index in [1.54, 1.807) is 6.20 Å². The first-order valence-corrected chi connectivity index (χ1v) is 5.18. The van der Waals surface area contributed by atoms with Crippen molar-refractivity contribution in [2.75, 3.05) is 6.54 Å². The third-order valence-electron chi connectivity index (χ3n) is 2.31. The lowest BCUT2D eigenvalue weighted by molar-refractivity contribution is -0.121. The molecule has 1 unspecified atom stereocenters. The van der Waals surface area contributed by atoms with Crippen LogP contribution in [0.25, 0.3) is 0 Å². The van der Waals surface area contributed by atoms with Crippen LogP contribution in [0.5, 0.6) is 0 Å². The summed E-state index contributed by atoms with van der Waals surface area (Å²) in [4.78, 5) is 11.0. The zero-order chi connectivity index (χ0) is 11.3. The van der Waals surface area contributed by atoms with Gasteiger partial charge >= 0.3 is 0 Å². The molecule has 15 heavy (non-hydrogen) atoms. The fourth-order valence-corrected chi connectivity index (χ4v) is 1.45. The average molecular weight is 210 g/mol. The molecule has 0 spiro atoms. The van der Waals surface area contributed by atoms with Gasteiger partial charge in [0.2, 0.25) is 5.91 Å². The monoisotopic (exact) mass is 210 g/mol. The second-order valence-electron chi connectivity index (χ2n) is 3.65. The molecule has 1 aromatic heterocycles. The predicted octanol–water partition coefficient (Wildman–Crippen LogP) is -0.104. The van der Waals surface area contributed by atoms with E-state index in [1.807, 2.05) is 10.9 Å². The van der Waals surface area contributed by atoms with E-state index in [9.17, 15) is 4.79 Å². The van der Waals surface area contributed by atoms with Crippen molar-refractivity contribution < 1.29 is 4.79 Å². The number of primary amides is 1. The molecule has 1 heterocycles. The SMILES string of the molecule is CCCn1cc(CC(CN)C(N)=O)cn1. The van der Waals surface area contributed by atoms with Crippen LogP contribution in [0.1, 0.15) is 18.9 Å². The lowest BCUT2D eigenvalue weighted by Crippen LogP contribution is -2.31. The van der Waals surface area contributed by atoms with Crippen LogP contribution in [0, 0.1) is 5.92 Å². The summed E-state index contributed by atoms with van der Waals surface area (Å²) in [5, 5.41) is 4.18. The van der Waals surface area contributed by atoms with Gasteiger partial charge in [0.25, 0.3) is 0 Å². The first-order chi connectivity index (χ1) is 7.17. The summed E-state index contributed by atoms with van der Waals surface area (Å²) in [7, 11) is 0. The molecule has 0 aliphatic rings. The number of rotatable bonds is 6. The molecule has 5 nitrogen and oxygen atoms in total. The van der Waals surface area contributed by atoms with Crippen molar-refractivity contribution in [1.29, 1.82) is 0 Å². The highest BCUT2D eigenvalue weighted by Gasteiger charge is 2.14. The van der Waals surface area contributed by atoms with Crippen molar-refractivity contribution in [1.82, 2.24) is 9.78 Å². The molecule has 0 saturated heterocycles. The van der Waals surface area contributed by atoms with E-state index in [0.29, 0.717) is 6.42 Å². The minimum atomic E-state index is -0.347. The standard InChI is InChI=1S/C10H18N4O/c1-2-3-14-7-8(6-13-14)4-9(5-11)10(12)15/h6-7,9H,2-5,11H2,1H3,(H2,12,15). The van der Waals surface area contributed by atoms with E-state index < -0.39 is 0 Å². The zero-order valence-electron chi connectivity index (χ0n) is 9.02. The van der Waals surface area contributed by atoms with Gasteiger partial charge in [-0.15, -0.1) is 0 Å². The first kappa shape index (κ1) is 11.7. The number of aryl methyl sites for hydroxylation is 1. The molecule has 4 N–H and O–H groups in total. The molecule has 1 amide bonds. The molecular formula is C10H18N4O. The molecule has 0 fully saturated rings. The normalized spacial score (nSPS) is 12.7. The third kappa shape index (κ3) is 3.36. The van der Waals surface area contributed by atoms with E-state index in [2.05, 4.69) is 12.0 Å². The van der Waals surface area contributed by atoms with Gasteiger partial charge in [-0.2, -0.15) is 5.10 Å². The number of hydrogen-bond donors (Lipinski definition) is 2. The van der Waals surface area contributed by atoms with Crippen LogP contribution in [0.15, 0.2) is 12.4 Å². The molecule has 0 radical (unpaired) electrons. The van der Waals surface area contributed by atoms with Gasteiger partial charge in [0.05, 0.1) is 12.1 Å². The van der Waals surface area contributed by atoms with Crippen LogP contribution >= 0.6 is 0 Å². The Morgan fingerprint density at radius 3 is 2.93 bits per heavy atom. The van der Waals surface area contributed by atoms with E-state index in [-0.39, 0.29) is 18.4 Å². The van der Waals surface area contributed by atoms with Gasteiger partial charge in [0.15, 0.2) is 0 Å². The van der Waals surface area contributed by atoms with E-state index >= 15 is 0 Å². The highest BCUT2D eigenvalue weighted by Crippen LogP contribution is 2.07. The largest absolute Gasteiger partial charge is 0.369 e. The van der Waals surface area contributed by atoms with Crippen LogP contribution in [-0.4, -0.2) is 22.2 Å². The topological polar surface area (TPSA) is 86.9 Å². The minimum absolute atomic E-state index is 0.286. The Hall–Kier alpha value is -1.36. The fraction of sp³-hybridized carbons (Fsp3) is 0.600. The maximum Gasteiger partial charge on any atom is 0.222 e. The van der Waals surface area contributed by atoms with E-state index in [4.69, 9.17) is 11.5 Å². The van der Waals surface area contributed by atoms with Gasteiger partial charge in [-0.05, 0) is 18.4 Å². The van der Waals surface area contributed by atoms with Crippen molar-refractivity contribution in [3.63, 3.8) is 0 Å². The first-order valence-electron chi connectivity index (χ1n) is 5.18. The van der Waals surface area contributed by atoms with E-state index in [0.717, 1.165) is 18.5 Å². The lowest BCUT2D eigenvalue weighted by Gasteiger charge is -2.07. The molecule has 5 heteroatoms. The van der Waals surface area contributed by atoms with Gasteiger partial charge < -0.3 is 11.5 Å². The van der Waals surface area contributed by atoms with Crippen LogP contribution in [0.4, 0.5) is 0 Å². The van der Waals surface area contributed by atoms with Crippen molar-refractivity contribution in [2.24, 2.45) is 17.4 Å². The molecule has 0 aliphatic carbocycles. The van der Waals surface area contributed by atoms with E-state index in [1.165, 1.54) is 0 Å². The molecule has 0 aromatic carbocycles. The maximum absolute atomic E-state index is 11.0. The van der Waals surface area contributed by atoms with Crippen LogP contribution in [0.3, 0.4) is 0 Å². The highest BCUT2D eigenvalue weighted by atomic mass is 16.1. The Morgan fingerprint density at radius 2 is 2.40 bits per heavy atom. The Labute approximate surface area is 89.4 Å². The summed E-state index contributed by atoms with van der Waals surface area (Å²) in [5.41, 5.74) is 11.7. The molecule has 84 valence electrons. The molecule has 1 atom stereocenters. The van der Waals surface area contributed by atoms with Gasteiger partial charge in [0.1, 0.15) is 0 Å². The smallest absolute Gasteiger partial charge is 0.222 e. The Morgan fingerprint density at radius 1 is 1.67 bits per heavy atom. The number of amides is 1. The predicted molar refractivity (Wildman–Crippen MR) is 58.0 cm³/mol. The maximum atomic E-state index is 11.0. The molecule has 0 aliphatic heterocycles. The number of carbonyl (C=O) groups is 1. The highest BCUT2D eigenvalue weighted by molar-refractivity contribution is 5.77. The molecule has 0 bridgehead atoms. The molecule has 1 aromatic rings. The van der Waals surface area contributed by atoms with Gasteiger partial charge in [-0.3, -0.25) is 9.48 Å². The number of nitrogens with zero attached hydrogens (tertiary/aromatic N) is 2. The van der Waals surface area contributed by atoms with Gasteiger partial charge in [-0.1, -0.05) is 6.92 Å². The summed E-state index contributed by atoms with van der Waals surface area (Å²) >= 11 is 0. The molecular weight excluding hydrogens is 192 g/mol. The van der Waals surface area contributed by atoms with Crippen LogP contribution < -0.4 is 11.5 Å².